The Hall–Kier alpha value is -0.340. The van der Waals surface area contributed by atoms with Gasteiger partial charge in [0.05, 0.1) is 0 Å². The first kappa shape index (κ1) is 15.7. The summed E-state index contributed by atoms with van der Waals surface area (Å²) in [7, 11) is 0. The van der Waals surface area contributed by atoms with Gasteiger partial charge >= 0.3 is 0 Å². The normalized spacial score (nSPS) is 19.6. The molecule has 18 heavy (non-hydrogen) atoms. The Bertz CT molecular complexity index is 258. The number of nitrogens with one attached hydrogen (secondary N) is 1. The van der Waals surface area contributed by atoms with E-state index in [1.165, 1.54) is 44.3 Å². The molecule has 0 aromatic carbocycles. The molecule has 1 aliphatic heterocycles. The fourth-order valence-corrected chi connectivity index (χ4v) is 2.81. The molecule has 1 rings (SSSR count). The summed E-state index contributed by atoms with van der Waals surface area (Å²) in [5.41, 5.74) is 1.63. The molecule has 1 N–H and O–H groups in total. The first-order valence-electron chi connectivity index (χ1n) is 7.62. The Morgan fingerprint density at radius 3 is 2.33 bits per heavy atom. The van der Waals surface area contributed by atoms with E-state index in [0.717, 1.165) is 6.54 Å². The summed E-state index contributed by atoms with van der Waals surface area (Å²) in [6, 6.07) is 0.459. The Morgan fingerprint density at radius 1 is 1.22 bits per heavy atom. The molecule has 1 saturated heterocycles. The second-order valence-electron chi connectivity index (χ2n) is 6.38. The molecule has 0 radical (unpaired) electrons. The number of hydrogen-bond donors (Lipinski definition) is 1. The maximum absolute atomic E-state index is 3.72. The third-order valence-corrected chi connectivity index (χ3v) is 4.05. The minimum atomic E-state index is 0.215. The third-order valence-electron chi connectivity index (χ3n) is 4.05. The predicted molar refractivity (Wildman–Crippen MR) is 81.0 cm³/mol. The van der Waals surface area contributed by atoms with E-state index >= 15 is 0 Å². The highest BCUT2D eigenvalue weighted by Crippen LogP contribution is 2.25. The van der Waals surface area contributed by atoms with Gasteiger partial charge in [0.25, 0.3) is 0 Å². The van der Waals surface area contributed by atoms with Crippen LogP contribution in [0.25, 0.3) is 0 Å². The molecule has 2 nitrogen and oxygen atoms in total. The molecule has 0 bridgehead atoms. The van der Waals surface area contributed by atoms with Gasteiger partial charge in [-0.25, -0.2) is 0 Å². The van der Waals surface area contributed by atoms with Crippen molar-refractivity contribution in [2.24, 2.45) is 0 Å². The van der Waals surface area contributed by atoms with Crippen molar-refractivity contribution in [3.63, 3.8) is 0 Å². The van der Waals surface area contributed by atoms with Crippen LogP contribution in [0.4, 0.5) is 0 Å². The lowest BCUT2D eigenvalue weighted by atomic mass is 9.88. The molecular weight excluding hydrogens is 220 g/mol. The summed E-state index contributed by atoms with van der Waals surface area (Å²) in [6.45, 7) is 15.0. The van der Waals surface area contributed by atoms with E-state index in [4.69, 9.17) is 0 Å². The number of rotatable bonds is 6. The average Bonchev–Trinajstić information content (AvgIpc) is 2.35. The van der Waals surface area contributed by atoms with Crippen LogP contribution in [0, 0.1) is 0 Å². The van der Waals surface area contributed by atoms with Gasteiger partial charge in [0.15, 0.2) is 0 Å². The highest BCUT2D eigenvalue weighted by molar-refractivity contribution is 5.10. The maximum atomic E-state index is 3.72. The van der Waals surface area contributed by atoms with Crippen LogP contribution in [0.15, 0.2) is 11.6 Å². The summed E-state index contributed by atoms with van der Waals surface area (Å²) >= 11 is 0. The van der Waals surface area contributed by atoms with Crippen LogP contribution < -0.4 is 5.32 Å². The predicted octanol–water partition coefficient (Wildman–Crippen LogP) is 3.59. The summed E-state index contributed by atoms with van der Waals surface area (Å²) in [6.07, 6.45) is 7.73. The SMILES string of the molecule is CCCNC(C=C(C)C)C(C)(C)N1CCCCC1. The third kappa shape index (κ3) is 4.40. The smallest absolute Gasteiger partial charge is 0.0433 e. The largest absolute Gasteiger partial charge is 0.309 e. The van der Waals surface area contributed by atoms with Gasteiger partial charge in [0.1, 0.15) is 0 Å². The van der Waals surface area contributed by atoms with Gasteiger partial charge in [-0.3, -0.25) is 4.90 Å². The van der Waals surface area contributed by atoms with Crippen LogP contribution in [-0.4, -0.2) is 36.1 Å². The van der Waals surface area contributed by atoms with Gasteiger partial charge < -0.3 is 5.32 Å². The molecule has 1 unspecified atom stereocenters. The Balaban J connectivity index is 2.76. The minimum absolute atomic E-state index is 0.215. The van der Waals surface area contributed by atoms with Crippen molar-refractivity contribution in [3.05, 3.63) is 11.6 Å². The fraction of sp³-hybridized carbons (Fsp3) is 0.875. The molecular formula is C16H32N2. The van der Waals surface area contributed by atoms with Crippen LogP contribution in [0.1, 0.15) is 60.3 Å². The number of likely N-dealkylation sites (tertiary alicyclic amines) is 1. The highest BCUT2D eigenvalue weighted by atomic mass is 15.2. The molecule has 0 aromatic heterocycles. The van der Waals surface area contributed by atoms with Crippen molar-refractivity contribution in [1.29, 1.82) is 0 Å². The Morgan fingerprint density at radius 2 is 1.83 bits per heavy atom. The quantitative estimate of drug-likeness (QED) is 0.727. The van der Waals surface area contributed by atoms with Crippen molar-refractivity contribution in [1.82, 2.24) is 10.2 Å². The van der Waals surface area contributed by atoms with E-state index in [2.05, 4.69) is 50.9 Å². The van der Waals surface area contributed by atoms with Gasteiger partial charge in [0, 0.05) is 11.6 Å². The van der Waals surface area contributed by atoms with Crippen molar-refractivity contribution < 1.29 is 0 Å². The monoisotopic (exact) mass is 252 g/mol. The molecule has 0 aliphatic carbocycles. The highest BCUT2D eigenvalue weighted by Gasteiger charge is 2.34. The second kappa shape index (κ2) is 7.30. The zero-order valence-electron chi connectivity index (χ0n) is 13.1. The van der Waals surface area contributed by atoms with E-state index in [1.54, 1.807) is 0 Å². The lowest BCUT2D eigenvalue weighted by Gasteiger charge is -2.45. The number of piperidine rings is 1. The second-order valence-corrected chi connectivity index (χ2v) is 6.38. The van der Waals surface area contributed by atoms with Crippen LogP contribution in [0.3, 0.4) is 0 Å². The lowest BCUT2D eigenvalue weighted by Crippen LogP contribution is -2.58. The zero-order valence-corrected chi connectivity index (χ0v) is 13.1. The molecule has 0 saturated carbocycles. The number of allylic oxidation sites excluding steroid dienone is 1. The van der Waals surface area contributed by atoms with E-state index < -0.39 is 0 Å². The van der Waals surface area contributed by atoms with E-state index in [1.807, 2.05) is 0 Å². The van der Waals surface area contributed by atoms with Gasteiger partial charge in [0.2, 0.25) is 0 Å². The van der Waals surface area contributed by atoms with E-state index in [-0.39, 0.29) is 5.54 Å². The molecule has 2 heteroatoms. The van der Waals surface area contributed by atoms with Gasteiger partial charge in [-0.2, -0.15) is 0 Å². The average molecular weight is 252 g/mol. The van der Waals surface area contributed by atoms with Gasteiger partial charge in [-0.1, -0.05) is 25.0 Å². The number of hydrogen-bond acceptors (Lipinski definition) is 2. The fourth-order valence-electron chi connectivity index (χ4n) is 2.81. The first-order chi connectivity index (χ1) is 8.48. The maximum Gasteiger partial charge on any atom is 0.0433 e. The van der Waals surface area contributed by atoms with E-state index in [9.17, 15) is 0 Å². The standard InChI is InChI=1S/C16H32N2/c1-6-10-17-15(13-14(2)3)16(4,5)18-11-8-7-9-12-18/h13,15,17H,6-12H2,1-5H3. The van der Waals surface area contributed by atoms with Crippen molar-refractivity contribution in [3.8, 4) is 0 Å². The number of nitrogens with zero attached hydrogens (tertiary/aromatic N) is 1. The molecule has 0 spiro atoms. The van der Waals surface area contributed by atoms with Crippen LogP contribution in [0.5, 0.6) is 0 Å². The van der Waals surface area contributed by atoms with Crippen LogP contribution in [-0.2, 0) is 0 Å². The Labute approximate surface area is 114 Å². The first-order valence-corrected chi connectivity index (χ1v) is 7.62. The van der Waals surface area contributed by atoms with Crippen molar-refractivity contribution in [2.45, 2.75) is 71.9 Å². The van der Waals surface area contributed by atoms with Crippen molar-refractivity contribution in [2.75, 3.05) is 19.6 Å². The Kier molecular flexibility index (Phi) is 6.37. The zero-order chi connectivity index (χ0) is 13.6. The topological polar surface area (TPSA) is 15.3 Å². The van der Waals surface area contributed by atoms with E-state index in [0.29, 0.717) is 6.04 Å². The van der Waals surface area contributed by atoms with Crippen LogP contribution in [0.2, 0.25) is 0 Å². The molecule has 0 aromatic rings. The molecule has 1 atom stereocenters. The summed E-state index contributed by atoms with van der Waals surface area (Å²) in [5.74, 6) is 0. The van der Waals surface area contributed by atoms with Gasteiger partial charge in [-0.05, 0) is 66.6 Å². The molecule has 1 heterocycles. The van der Waals surface area contributed by atoms with Crippen LogP contribution >= 0.6 is 0 Å². The van der Waals surface area contributed by atoms with Crippen molar-refractivity contribution >= 4 is 0 Å². The van der Waals surface area contributed by atoms with Gasteiger partial charge in [-0.15, -0.1) is 0 Å². The molecule has 1 fully saturated rings. The lowest BCUT2D eigenvalue weighted by molar-refractivity contribution is 0.0746. The molecule has 1 aliphatic rings. The summed E-state index contributed by atoms with van der Waals surface area (Å²) in [4.78, 5) is 2.67. The minimum Gasteiger partial charge on any atom is -0.309 e. The summed E-state index contributed by atoms with van der Waals surface area (Å²) < 4.78 is 0. The summed E-state index contributed by atoms with van der Waals surface area (Å²) in [5, 5.41) is 3.72. The molecule has 0 amide bonds. The molecule has 106 valence electrons.